The van der Waals surface area contributed by atoms with Crippen LogP contribution in [0.1, 0.15) is 36.2 Å². The van der Waals surface area contributed by atoms with Crippen molar-refractivity contribution in [3.05, 3.63) is 29.6 Å². The largest absolute Gasteiger partial charge is 0.354 e. The Morgan fingerprint density at radius 3 is 2.90 bits per heavy atom. The summed E-state index contributed by atoms with van der Waals surface area (Å²) < 4.78 is 0. The first-order chi connectivity index (χ1) is 10.1. The molecular formula is C15H20N4O2. The number of rotatable bonds is 5. The molecule has 21 heavy (non-hydrogen) atoms. The van der Waals surface area contributed by atoms with Crippen molar-refractivity contribution in [3.63, 3.8) is 0 Å². The molecular weight excluding hydrogens is 268 g/mol. The molecule has 0 aromatic carbocycles. The van der Waals surface area contributed by atoms with Crippen molar-refractivity contribution in [3.8, 4) is 11.8 Å². The zero-order chi connectivity index (χ0) is 15.7. The molecule has 6 heteroatoms. The van der Waals surface area contributed by atoms with Gasteiger partial charge >= 0.3 is 0 Å². The highest BCUT2D eigenvalue weighted by Crippen LogP contribution is 2.05. The summed E-state index contributed by atoms with van der Waals surface area (Å²) in [5, 5.41) is 5.37. The van der Waals surface area contributed by atoms with Gasteiger partial charge in [-0.2, -0.15) is 0 Å². The van der Waals surface area contributed by atoms with E-state index in [9.17, 15) is 9.59 Å². The average molecular weight is 288 g/mol. The first kappa shape index (κ1) is 16.7. The number of hydrogen-bond acceptors (Lipinski definition) is 4. The molecule has 2 amide bonds. The van der Waals surface area contributed by atoms with E-state index in [2.05, 4.69) is 27.5 Å². The van der Waals surface area contributed by atoms with E-state index in [1.165, 1.54) is 12.4 Å². The minimum Gasteiger partial charge on any atom is -0.354 e. The Bertz CT molecular complexity index is 560. The van der Waals surface area contributed by atoms with Gasteiger partial charge in [0.25, 0.3) is 5.91 Å². The number of pyridine rings is 1. The molecule has 1 heterocycles. The lowest BCUT2D eigenvalue weighted by molar-refractivity contribution is -0.122. The van der Waals surface area contributed by atoms with Crippen molar-refractivity contribution >= 4 is 11.8 Å². The Morgan fingerprint density at radius 2 is 2.24 bits per heavy atom. The van der Waals surface area contributed by atoms with E-state index in [1.807, 2.05) is 6.92 Å². The van der Waals surface area contributed by atoms with E-state index in [4.69, 9.17) is 5.73 Å². The van der Waals surface area contributed by atoms with Gasteiger partial charge in [0.2, 0.25) is 5.91 Å². The molecule has 1 aromatic rings. The third kappa shape index (κ3) is 5.24. The Balaban J connectivity index is 2.78. The third-order valence-electron chi connectivity index (χ3n) is 2.68. The molecule has 0 saturated heterocycles. The number of carbonyl (C=O) groups excluding carboxylic acids is 2. The standard InChI is InChI=1S/C15H20N4O2/c1-3-8-18-14(20)11(2)19-15(21)13-6-9-17-10-12(13)5-4-7-16/h6,9-11H,3,7-8,16H2,1-2H3,(H,18,20)(H,19,21). The lowest BCUT2D eigenvalue weighted by Gasteiger charge is -2.14. The molecule has 1 aromatic heterocycles. The van der Waals surface area contributed by atoms with Gasteiger partial charge in [-0.15, -0.1) is 0 Å². The van der Waals surface area contributed by atoms with Crippen LogP contribution in [-0.4, -0.2) is 35.9 Å². The van der Waals surface area contributed by atoms with Crippen molar-refractivity contribution in [2.24, 2.45) is 5.73 Å². The first-order valence-corrected chi connectivity index (χ1v) is 6.81. The van der Waals surface area contributed by atoms with Crippen LogP contribution in [0.5, 0.6) is 0 Å². The maximum absolute atomic E-state index is 12.2. The summed E-state index contributed by atoms with van der Waals surface area (Å²) >= 11 is 0. The molecule has 0 aliphatic heterocycles. The maximum atomic E-state index is 12.2. The Labute approximate surface area is 124 Å². The summed E-state index contributed by atoms with van der Waals surface area (Å²) in [5.41, 5.74) is 6.19. The van der Waals surface area contributed by atoms with Gasteiger partial charge in [-0.3, -0.25) is 14.6 Å². The Hall–Kier alpha value is -2.39. The monoisotopic (exact) mass is 288 g/mol. The van der Waals surface area contributed by atoms with E-state index in [1.54, 1.807) is 13.0 Å². The number of aromatic nitrogens is 1. The summed E-state index contributed by atoms with van der Waals surface area (Å²) in [6, 6.07) is 0.944. The second-order valence-electron chi connectivity index (χ2n) is 4.41. The Morgan fingerprint density at radius 1 is 1.48 bits per heavy atom. The zero-order valence-corrected chi connectivity index (χ0v) is 12.3. The van der Waals surface area contributed by atoms with Crippen LogP contribution in [0.4, 0.5) is 0 Å². The van der Waals surface area contributed by atoms with Gasteiger partial charge in [0, 0.05) is 18.9 Å². The minimum atomic E-state index is -0.618. The fourth-order valence-electron chi connectivity index (χ4n) is 1.58. The molecule has 0 fully saturated rings. The lowest BCUT2D eigenvalue weighted by Crippen LogP contribution is -2.45. The van der Waals surface area contributed by atoms with Gasteiger partial charge in [-0.25, -0.2) is 0 Å². The highest BCUT2D eigenvalue weighted by Gasteiger charge is 2.17. The van der Waals surface area contributed by atoms with Crippen molar-refractivity contribution in [2.45, 2.75) is 26.3 Å². The van der Waals surface area contributed by atoms with Crippen LogP contribution >= 0.6 is 0 Å². The van der Waals surface area contributed by atoms with Crippen LogP contribution in [0.15, 0.2) is 18.5 Å². The minimum absolute atomic E-state index is 0.200. The molecule has 1 rings (SSSR count). The molecule has 112 valence electrons. The summed E-state index contributed by atoms with van der Waals surface area (Å²) in [4.78, 5) is 27.9. The number of carbonyl (C=O) groups is 2. The van der Waals surface area contributed by atoms with Crippen molar-refractivity contribution in [1.29, 1.82) is 0 Å². The lowest BCUT2D eigenvalue weighted by atomic mass is 10.1. The van der Waals surface area contributed by atoms with E-state index in [0.29, 0.717) is 17.7 Å². The fourth-order valence-corrected chi connectivity index (χ4v) is 1.58. The van der Waals surface area contributed by atoms with Gasteiger partial charge in [0.05, 0.1) is 17.7 Å². The molecule has 1 unspecified atom stereocenters. The quantitative estimate of drug-likeness (QED) is 0.666. The molecule has 4 N–H and O–H groups in total. The predicted molar refractivity (Wildman–Crippen MR) is 80.4 cm³/mol. The smallest absolute Gasteiger partial charge is 0.253 e. The molecule has 0 aliphatic rings. The highest BCUT2D eigenvalue weighted by molar-refractivity contribution is 5.99. The number of hydrogen-bond donors (Lipinski definition) is 3. The van der Waals surface area contributed by atoms with Gasteiger partial charge in [0.1, 0.15) is 6.04 Å². The molecule has 6 nitrogen and oxygen atoms in total. The molecule has 0 radical (unpaired) electrons. The van der Waals surface area contributed by atoms with E-state index < -0.39 is 6.04 Å². The highest BCUT2D eigenvalue weighted by atomic mass is 16.2. The maximum Gasteiger partial charge on any atom is 0.253 e. The van der Waals surface area contributed by atoms with Crippen molar-refractivity contribution in [2.75, 3.05) is 13.1 Å². The summed E-state index contributed by atoms with van der Waals surface area (Å²) in [6.07, 6.45) is 3.85. The second-order valence-corrected chi connectivity index (χ2v) is 4.41. The number of nitrogens with two attached hydrogens (primary N) is 1. The van der Waals surface area contributed by atoms with Gasteiger partial charge in [-0.1, -0.05) is 18.8 Å². The Kier molecular flexibility index (Phi) is 6.92. The van der Waals surface area contributed by atoms with Crippen LogP contribution in [-0.2, 0) is 4.79 Å². The summed E-state index contributed by atoms with van der Waals surface area (Å²) in [5.74, 6) is 4.90. The van der Waals surface area contributed by atoms with E-state index in [0.717, 1.165) is 6.42 Å². The van der Waals surface area contributed by atoms with Crippen LogP contribution in [0, 0.1) is 11.8 Å². The van der Waals surface area contributed by atoms with Gasteiger partial charge in [0.15, 0.2) is 0 Å². The van der Waals surface area contributed by atoms with E-state index >= 15 is 0 Å². The second kappa shape index (κ2) is 8.72. The summed E-state index contributed by atoms with van der Waals surface area (Å²) in [6.45, 7) is 4.38. The SMILES string of the molecule is CCCNC(=O)C(C)NC(=O)c1ccncc1C#CCN. The number of nitrogens with one attached hydrogen (secondary N) is 2. The van der Waals surface area contributed by atoms with Gasteiger partial charge in [-0.05, 0) is 19.4 Å². The summed E-state index contributed by atoms with van der Waals surface area (Å²) in [7, 11) is 0. The third-order valence-corrected chi connectivity index (χ3v) is 2.68. The number of nitrogens with zero attached hydrogens (tertiary/aromatic N) is 1. The van der Waals surface area contributed by atoms with E-state index in [-0.39, 0.29) is 18.4 Å². The van der Waals surface area contributed by atoms with Crippen molar-refractivity contribution < 1.29 is 9.59 Å². The molecule has 0 spiro atoms. The molecule has 0 bridgehead atoms. The average Bonchev–Trinajstić information content (AvgIpc) is 2.50. The molecule has 0 saturated carbocycles. The number of amides is 2. The van der Waals surface area contributed by atoms with Crippen LogP contribution in [0.2, 0.25) is 0 Å². The fraction of sp³-hybridized carbons (Fsp3) is 0.400. The van der Waals surface area contributed by atoms with Crippen molar-refractivity contribution in [1.82, 2.24) is 15.6 Å². The van der Waals surface area contributed by atoms with Crippen LogP contribution in [0.25, 0.3) is 0 Å². The van der Waals surface area contributed by atoms with Crippen LogP contribution in [0.3, 0.4) is 0 Å². The normalized spacial score (nSPS) is 11.0. The topological polar surface area (TPSA) is 97.1 Å². The molecule has 1 atom stereocenters. The predicted octanol–water partition coefficient (Wildman–Crippen LogP) is 0.0363. The molecule has 0 aliphatic carbocycles. The zero-order valence-electron chi connectivity index (χ0n) is 12.3. The van der Waals surface area contributed by atoms with Gasteiger partial charge < -0.3 is 16.4 Å². The first-order valence-electron chi connectivity index (χ1n) is 6.81. The van der Waals surface area contributed by atoms with Crippen LogP contribution < -0.4 is 16.4 Å².